The van der Waals surface area contributed by atoms with E-state index in [2.05, 4.69) is 20.4 Å². The minimum atomic E-state index is 0.445. The molecule has 0 aliphatic carbocycles. The summed E-state index contributed by atoms with van der Waals surface area (Å²) in [6.07, 6.45) is 2.42. The van der Waals surface area contributed by atoms with Crippen LogP contribution in [0, 0.1) is 0 Å². The van der Waals surface area contributed by atoms with Gasteiger partial charge in [0.1, 0.15) is 0 Å². The fourth-order valence-corrected chi connectivity index (χ4v) is 2.00. The van der Waals surface area contributed by atoms with Crippen LogP contribution in [0.2, 0.25) is 5.15 Å². The topological polar surface area (TPSA) is 41.0 Å². The van der Waals surface area contributed by atoms with Crippen molar-refractivity contribution < 1.29 is 0 Å². The van der Waals surface area contributed by atoms with Gasteiger partial charge in [0.25, 0.3) is 0 Å². The van der Waals surface area contributed by atoms with Crippen LogP contribution in [0.25, 0.3) is 0 Å². The first-order valence-corrected chi connectivity index (χ1v) is 5.59. The third kappa shape index (κ3) is 2.58. The maximum absolute atomic E-state index is 5.70. The number of likely N-dealkylation sites (N-methyl/N-ethyl adjacent to an activating group) is 1. The van der Waals surface area contributed by atoms with Gasteiger partial charge in [-0.25, -0.2) is 0 Å². The second-order valence-electron chi connectivity index (χ2n) is 3.79. The number of anilines is 1. The Morgan fingerprint density at radius 1 is 1.47 bits per heavy atom. The van der Waals surface area contributed by atoms with Gasteiger partial charge in [0.15, 0.2) is 11.0 Å². The third-order valence-corrected chi connectivity index (χ3v) is 2.97. The van der Waals surface area contributed by atoms with Gasteiger partial charge in [-0.1, -0.05) is 11.6 Å². The molecule has 0 unspecified atom stereocenters. The molecule has 1 aromatic heterocycles. The van der Waals surface area contributed by atoms with E-state index in [4.69, 9.17) is 11.6 Å². The molecule has 0 amide bonds. The SMILES string of the molecule is CN[C@@H]1CCCN(c2ccc(Cl)nn2)C1. The lowest BCUT2D eigenvalue weighted by molar-refractivity contribution is 0.447. The van der Waals surface area contributed by atoms with Gasteiger partial charge in [0.2, 0.25) is 0 Å². The van der Waals surface area contributed by atoms with E-state index in [1.807, 2.05) is 13.1 Å². The van der Waals surface area contributed by atoms with Gasteiger partial charge in [-0.2, -0.15) is 0 Å². The second-order valence-corrected chi connectivity index (χ2v) is 4.18. The van der Waals surface area contributed by atoms with Gasteiger partial charge < -0.3 is 10.2 Å². The number of halogens is 1. The van der Waals surface area contributed by atoms with E-state index in [9.17, 15) is 0 Å². The van der Waals surface area contributed by atoms with Crippen molar-refractivity contribution in [3.05, 3.63) is 17.3 Å². The normalized spacial score (nSPS) is 21.7. The summed E-state index contributed by atoms with van der Waals surface area (Å²) in [4.78, 5) is 2.24. The predicted molar refractivity (Wildman–Crippen MR) is 61.3 cm³/mol. The average Bonchev–Trinajstić information content (AvgIpc) is 2.30. The minimum absolute atomic E-state index is 0.445. The quantitative estimate of drug-likeness (QED) is 0.826. The smallest absolute Gasteiger partial charge is 0.151 e. The van der Waals surface area contributed by atoms with Crippen LogP contribution in [0.5, 0.6) is 0 Å². The van der Waals surface area contributed by atoms with Gasteiger partial charge >= 0.3 is 0 Å². The molecule has 5 heteroatoms. The summed E-state index contributed by atoms with van der Waals surface area (Å²) >= 11 is 5.70. The molecule has 1 atom stereocenters. The fourth-order valence-electron chi connectivity index (χ4n) is 1.90. The van der Waals surface area contributed by atoms with E-state index in [-0.39, 0.29) is 0 Å². The fraction of sp³-hybridized carbons (Fsp3) is 0.600. The van der Waals surface area contributed by atoms with E-state index < -0.39 is 0 Å². The molecule has 1 aliphatic heterocycles. The van der Waals surface area contributed by atoms with E-state index >= 15 is 0 Å². The molecule has 1 aromatic rings. The number of nitrogens with one attached hydrogen (secondary N) is 1. The van der Waals surface area contributed by atoms with Gasteiger partial charge in [-0.3, -0.25) is 0 Å². The summed E-state index contributed by atoms with van der Waals surface area (Å²) in [6.45, 7) is 2.04. The monoisotopic (exact) mass is 226 g/mol. The molecule has 1 fully saturated rings. The highest BCUT2D eigenvalue weighted by molar-refractivity contribution is 6.29. The third-order valence-electron chi connectivity index (χ3n) is 2.77. The number of rotatable bonds is 2. The minimum Gasteiger partial charge on any atom is -0.354 e. The Hall–Kier alpha value is -0.870. The molecule has 0 aromatic carbocycles. The summed E-state index contributed by atoms with van der Waals surface area (Å²) < 4.78 is 0. The Morgan fingerprint density at radius 2 is 2.33 bits per heavy atom. The Balaban J connectivity index is 2.06. The van der Waals surface area contributed by atoms with Crippen LogP contribution >= 0.6 is 11.6 Å². The average molecular weight is 227 g/mol. The highest BCUT2D eigenvalue weighted by atomic mass is 35.5. The van der Waals surface area contributed by atoms with Crippen LogP contribution in [-0.2, 0) is 0 Å². The number of nitrogens with zero attached hydrogens (tertiary/aromatic N) is 3. The standard InChI is InChI=1S/C10H15ClN4/c1-12-8-3-2-6-15(7-8)10-5-4-9(11)13-14-10/h4-5,8,12H,2-3,6-7H2,1H3/t8-/m1/s1. The maximum Gasteiger partial charge on any atom is 0.151 e. The number of hydrogen-bond acceptors (Lipinski definition) is 4. The Morgan fingerprint density at radius 3 is 3.00 bits per heavy atom. The van der Waals surface area contributed by atoms with Crippen LogP contribution < -0.4 is 10.2 Å². The van der Waals surface area contributed by atoms with Crippen molar-refractivity contribution in [2.24, 2.45) is 0 Å². The van der Waals surface area contributed by atoms with Crippen molar-refractivity contribution in [1.82, 2.24) is 15.5 Å². The van der Waals surface area contributed by atoms with Crippen molar-refractivity contribution in [3.8, 4) is 0 Å². The molecule has 1 aliphatic rings. The molecule has 15 heavy (non-hydrogen) atoms. The molecule has 1 saturated heterocycles. The van der Waals surface area contributed by atoms with E-state index in [1.54, 1.807) is 6.07 Å². The summed E-state index contributed by atoms with van der Waals surface area (Å²) in [7, 11) is 2.00. The van der Waals surface area contributed by atoms with Crippen LogP contribution in [0.3, 0.4) is 0 Å². The Labute approximate surface area is 94.6 Å². The van der Waals surface area contributed by atoms with Crippen molar-refractivity contribution in [2.75, 3.05) is 25.0 Å². The first kappa shape index (κ1) is 10.6. The first-order valence-electron chi connectivity index (χ1n) is 5.21. The highest BCUT2D eigenvalue weighted by Crippen LogP contribution is 2.17. The molecule has 2 heterocycles. The molecule has 82 valence electrons. The molecule has 0 radical (unpaired) electrons. The van der Waals surface area contributed by atoms with Crippen LogP contribution in [0.1, 0.15) is 12.8 Å². The zero-order valence-corrected chi connectivity index (χ0v) is 9.54. The molecule has 0 bridgehead atoms. The van der Waals surface area contributed by atoms with Crippen molar-refractivity contribution in [1.29, 1.82) is 0 Å². The molecule has 0 spiro atoms. The van der Waals surface area contributed by atoms with E-state index in [0.717, 1.165) is 18.9 Å². The lowest BCUT2D eigenvalue weighted by Gasteiger charge is -2.32. The molecule has 0 saturated carbocycles. The largest absolute Gasteiger partial charge is 0.354 e. The number of hydrogen-bond donors (Lipinski definition) is 1. The Kier molecular flexibility index (Phi) is 3.38. The zero-order valence-electron chi connectivity index (χ0n) is 8.78. The maximum atomic E-state index is 5.70. The van der Waals surface area contributed by atoms with Gasteiger partial charge in [0.05, 0.1) is 0 Å². The van der Waals surface area contributed by atoms with Gasteiger partial charge in [-0.15, -0.1) is 10.2 Å². The molecule has 1 N–H and O–H groups in total. The summed E-state index contributed by atoms with van der Waals surface area (Å²) in [5.74, 6) is 0.916. The lowest BCUT2D eigenvalue weighted by Crippen LogP contribution is -2.44. The van der Waals surface area contributed by atoms with Gasteiger partial charge in [0, 0.05) is 19.1 Å². The number of piperidine rings is 1. The molecular weight excluding hydrogens is 212 g/mol. The molecule has 4 nitrogen and oxygen atoms in total. The van der Waals surface area contributed by atoms with Crippen LogP contribution in [-0.4, -0.2) is 36.4 Å². The van der Waals surface area contributed by atoms with Crippen LogP contribution in [0.15, 0.2) is 12.1 Å². The summed E-state index contributed by atoms with van der Waals surface area (Å²) in [5, 5.41) is 11.7. The van der Waals surface area contributed by atoms with E-state index in [1.165, 1.54) is 12.8 Å². The van der Waals surface area contributed by atoms with Gasteiger partial charge in [-0.05, 0) is 32.0 Å². The zero-order chi connectivity index (χ0) is 10.7. The predicted octanol–water partition coefficient (Wildman–Crippen LogP) is 1.32. The van der Waals surface area contributed by atoms with Crippen molar-refractivity contribution >= 4 is 17.4 Å². The van der Waals surface area contributed by atoms with Crippen molar-refractivity contribution in [3.63, 3.8) is 0 Å². The number of aromatic nitrogens is 2. The summed E-state index contributed by atoms with van der Waals surface area (Å²) in [5.41, 5.74) is 0. The Bertz CT molecular complexity index is 314. The van der Waals surface area contributed by atoms with Crippen molar-refractivity contribution in [2.45, 2.75) is 18.9 Å². The lowest BCUT2D eigenvalue weighted by atomic mass is 10.1. The second kappa shape index (κ2) is 4.77. The molecular formula is C10H15ClN4. The first-order chi connectivity index (χ1) is 7.29. The highest BCUT2D eigenvalue weighted by Gasteiger charge is 2.19. The molecule has 2 rings (SSSR count). The van der Waals surface area contributed by atoms with Crippen LogP contribution in [0.4, 0.5) is 5.82 Å². The van der Waals surface area contributed by atoms with E-state index in [0.29, 0.717) is 11.2 Å². The summed E-state index contributed by atoms with van der Waals surface area (Å²) in [6, 6.07) is 4.26.